The molecule has 3 nitrogen and oxygen atoms in total. The van der Waals surface area contributed by atoms with Crippen LogP contribution < -0.4 is 5.73 Å². The highest BCUT2D eigenvalue weighted by molar-refractivity contribution is 5.88. The average Bonchev–Trinajstić information content (AvgIpc) is 2.67. The number of benzene rings is 1. The van der Waals surface area contributed by atoms with Crippen LogP contribution in [0, 0.1) is 0 Å². The normalized spacial score (nSPS) is 11.1. The fraction of sp³-hybridized carbons (Fsp3) is 0.500. The molecule has 2 aromatic rings. The van der Waals surface area contributed by atoms with Crippen LogP contribution in [-0.4, -0.2) is 9.78 Å². The number of fused-ring (bicyclic) bond motifs is 1. The van der Waals surface area contributed by atoms with Gasteiger partial charge in [0.1, 0.15) is 0 Å². The fourth-order valence-electron chi connectivity index (χ4n) is 2.19. The van der Waals surface area contributed by atoms with Crippen LogP contribution in [0.25, 0.3) is 10.9 Å². The van der Waals surface area contributed by atoms with Crippen LogP contribution in [0.4, 0.5) is 5.82 Å². The first-order valence-corrected chi connectivity index (χ1v) is 6.54. The molecule has 1 heterocycles. The third-order valence-corrected chi connectivity index (χ3v) is 3.16. The summed E-state index contributed by atoms with van der Waals surface area (Å²) in [7, 11) is 0. The zero-order chi connectivity index (χ0) is 12.1. The predicted molar refractivity (Wildman–Crippen MR) is 72.9 cm³/mol. The second-order valence-electron chi connectivity index (χ2n) is 4.54. The van der Waals surface area contributed by atoms with Crippen molar-refractivity contribution in [3.05, 3.63) is 24.3 Å². The minimum atomic E-state index is 0.647. The number of nitrogen functional groups attached to an aromatic ring is 1. The highest BCUT2D eigenvalue weighted by Gasteiger charge is 2.05. The molecule has 2 rings (SSSR count). The molecule has 0 fully saturated rings. The molecule has 0 amide bonds. The molecular weight excluding hydrogens is 210 g/mol. The average molecular weight is 231 g/mol. The number of nitrogens with zero attached hydrogens (tertiary/aromatic N) is 2. The molecule has 2 N–H and O–H groups in total. The fourth-order valence-corrected chi connectivity index (χ4v) is 2.19. The molecule has 0 spiro atoms. The minimum absolute atomic E-state index is 0.647. The van der Waals surface area contributed by atoms with Crippen molar-refractivity contribution >= 4 is 16.7 Å². The van der Waals surface area contributed by atoms with E-state index in [1.165, 1.54) is 32.1 Å². The Kier molecular flexibility index (Phi) is 4.02. The molecule has 0 bridgehead atoms. The third kappa shape index (κ3) is 2.78. The third-order valence-electron chi connectivity index (χ3n) is 3.16. The quantitative estimate of drug-likeness (QED) is 0.772. The Labute approximate surface area is 103 Å². The Morgan fingerprint density at radius 3 is 2.71 bits per heavy atom. The minimum Gasteiger partial charge on any atom is -0.382 e. The van der Waals surface area contributed by atoms with Crippen LogP contribution in [-0.2, 0) is 6.54 Å². The van der Waals surface area contributed by atoms with Crippen LogP contribution in [0.3, 0.4) is 0 Å². The van der Waals surface area contributed by atoms with Crippen LogP contribution >= 0.6 is 0 Å². The number of nitrogens with two attached hydrogens (primary N) is 1. The largest absolute Gasteiger partial charge is 0.382 e. The zero-order valence-electron chi connectivity index (χ0n) is 10.5. The highest BCUT2D eigenvalue weighted by atomic mass is 15.3. The van der Waals surface area contributed by atoms with E-state index in [4.69, 9.17) is 5.73 Å². The van der Waals surface area contributed by atoms with Crippen LogP contribution in [0.15, 0.2) is 24.3 Å². The lowest BCUT2D eigenvalue weighted by Gasteiger charge is -2.03. The Morgan fingerprint density at radius 2 is 1.88 bits per heavy atom. The van der Waals surface area contributed by atoms with Crippen molar-refractivity contribution in [1.29, 1.82) is 0 Å². The summed E-state index contributed by atoms with van der Waals surface area (Å²) < 4.78 is 2.04. The van der Waals surface area contributed by atoms with Crippen molar-refractivity contribution in [2.24, 2.45) is 0 Å². The number of para-hydroxylation sites is 1. The van der Waals surface area contributed by atoms with Gasteiger partial charge in [0.05, 0.1) is 5.52 Å². The molecule has 0 saturated heterocycles. The van der Waals surface area contributed by atoms with Crippen LogP contribution in [0.5, 0.6) is 0 Å². The Bertz CT molecular complexity index is 473. The van der Waals surface area contributed by atoms with Gasteiger partial charge in [-0.3, -0.25) is 4.68 Å². The number of hydrogen-bond donors (Lipinski definition) is 1. The van der Waals surface area contributed by atoms with Gasteiger partial charge in [-0.15, -0.1) is 0 Å². The van der Waals surface area contributed by atoms with Crippen molar-refractivity contribution in [2.75, 3.05) is 5.73 Å². The van der Waals surface area contributed by atoms with Gasteiger partial charge in [0.15, 0.2) is 5.82 Å². The molecule has 0 radical (unpaired) electrons. The number of rotatable bonds is 6. The molecule has 0 aliphatic heterocycles. The van der Waals surface area contributed by atoms with Gasteiger partial charge in [-0.05, 0) is 18.6 Å². The van der Waals surface area contributed by atoms with Crippen molar-refractivity contribution in [1.82, 2.24) is 9.78 Å². The second kappa shape index (κ2) is 5.71. The van der Waals surface area contributed by atoms with E-state index in [0.29, 0.717) is 5.82 Å². The molecule has 0 aliphatic rings. The molecule has 3 heteroatoms. The van der Waals surface area contributed by atoms with Gasteiger partial charge < -0.3 is 5.73 Å². The molecule has 0 unspecified atom stereocenters. The first-order chi connectivity index (χ1) is 8.33. The number of unbranched alkanes of at least 4 members (excludes halogenated alkanes) is 4. The summed E-state index contributed by atoms with van der Waals surface area (Å²) in [6, 6.07) is 8.17. The maximum atomic E-state index is 5.90. The van der Waals surface area contributed by atoms with E-state index in [1.807, 2.05) is 22.9 Å². The number of aromatic nitrogens is 2. The van der Waals surface area contributed by atoms with Gasteiger partial charge in [0, 0.05) is 11.9 Å². The van der Waals surface area contributed by atoms with Crippen molar-refractivity contribution in [3.63, 3.8) is 0 Å². The Hall–Kier alpha value is -1.51. The van der Waals surface area contributed by atoms with Gasteiger partial charge >= 0.3 is 0 Å². The summed E-state index contributed by atoms with van der Waals surface area (Å²) in [6.45, 7) is 3.21. The van der Waals surface area contributed by atoms with Gasteiger partial charge in [-0.1, -0.05) is 44.7 Å². The summed E-state index contributed by atoms with van der Waals surface area (Å²) in [4.78, 5) is 0. The molecule has 92 valence electrons. The maximum absolute atomic E-state index is 5.90. The Balaban J connectivity index is 1.99. The van der Waals surface area contributed by atoms with Gasteiger partial charge in [0.2, 0.25) is 0 Å². The second-order valence-corrected chi connectivity index (χ2v) is 4.54. The monoisotopic (exact) mass is 231 g/mol. The lowest BCUT2D eigenvalue weighted by Crippen LogP contribution is -2.00. The molecule has 17 heavy (non-hydrogen) atoms. The van der Waals surface area contributed by atoms with E-state index in [1.54, 1.807) is 0 Å². The van der Waals surface area contributed by atoms with E-state index < -0.39 is 0 Å². The van der Waals surface area contributed by atoms with Gasteiger partial charge in [0.25, 0.3) is 0 Å². The van der Waals surface area contributed by atoms with E-state index in [-0.39, 0.29) is 0 Å². The molecule has 0 atom stereocenters. The number of anilines is 1. The number of hydrogen-bond acceptors (Lipinski definition) is 2. The SMILES string of the molecule is CCCCCCCn1nc(N)c2ccccc21. The van der Waals surface area contributed by atoms with Crippen molar-refractivity contribution in [3.8, 4) is 0 Å². The van der Waals surface area contributed by atoms with Crippen molar-refractivity contribution in [2.45, 2.75) is 45.6 Å². The van der Waals surface area contributed by atoms with E-state index in [0.717, 1.165) is 17.4 Å². The maximum Gasteiger partial charge on any atom is 0.153 e. The Morgan fingerprint density at radius 1 is 1.12 bits per heavy atom. The highest BCUT2D eigenvalue weighted by Crippen LogP contribution is 2.20. The molecular formula is C14H21N3. The van der Waals surface area contributed by atoms with E-state index in [2.05, 4.69) is 18.1 Å². The van der Waals surface area contributed by atoms with E-state index in [9.17, 15) is 0 Å². The molecule has 0 aliphatic carbocycles. The standard InChI is InChI=1S/C14H21N3/c1-2-3-4-5-8-11-17-13-10-7-6-9-12(13)14(15)16-17/h6-7,9-10H,2-5,8,11H2,1H3,(H2,15,16). The summed E-state index contributed by atoms with van der Waals surface area (Å²) in [6.07, 6.45) is 6.41. The number of aryl methyl sites for hydroxylation is 1. The summed E-state index contributed by atoms with van der Waals surface area (Å²) >= 11 is 0. The predicted octanol–water partition coefficient (Wildman–Crippen LogP) is 3.59. The summed E-state index contributed by atoms with van der Waals surface area (Å²) in [5.74, 6) is 0.647. The first-order valence-electron chi connectivity index (χ1n) is 6.54. The molecule has 0 saturated carbocycles. The van der Waals surface area contributed by atoms with Crippen LogP contribution in [0.1, 0.15) is 39.0 Å². The smallest absolute Gasteiger partial charge is 0.153 e. The van der Waals surface area contributed by atoms with Crippen LogP contribution in [0.2, 0.25) is 0 Å². The summed E-state index contributed by atoms with van der Waals surface area (Å²) in [5, 5.41) is 5.47. The first kappa shape index (κ1) is 12.0. The zero-order valence-corrected chi connectivity index (χ0v) is 10.5. The van der Waals surface area contributed by atoms with Gasteiger partial charge in [-0.25, -0.2) is 0 Å². The van der Waals surface area contributed by atoms with Crippen molar-refractivity contribution < 1.29 is 0 Å². The molecule has 1 aromatic carbocycles. The van der Waals surface area contributed by atoms with Gasteiger partial charge in [-0.2, -0.15) is 5.10 Å². The molecule has 1 aromatic heterocycles. The lowest BCUT2D eigenvalue weighted by atomic mass is 10.1. The summed E-state index contributed by atoms with van der Waals surface area (Å²) in [5.41, 5.74) is 7.05. The topological polar surface area (TPSA) is 43.8 Å². The van der Waals surface area contributed by atoms with E-state index >= 15 is 0 Å². The lowest BCUT2D eigenvalue weighted by molar-refractivity contribution is 0.545.